The van der Waals surface area contributed by atoms with Gasteiger partial charge in [0, 0.05) is 37.4 Å². The summed E-state index contributed by atoms with van der Waals surface area (Å²) < 4.78 is 6.96. The molecule has 2 aromatic rings. The average Bonchev–Trinajstić information content (AvgIpc) is 3.04. The number of rotatable bonds is 4. The SMILES string of the molecule is COc1cccc(C(=O)N2CCN(C(=O)[C@@H](C)n3nc(C)cc3C)CC2)c1. The Morgan fingerprint density at radius 3 is 2.33 bits per heavy atom. The van der Waals surface area contributed by atoms with Gasteiger partial charge in [-0.3, -0.25) is 14.3 Å². The number of piperazine rings is 1. The molecule has 0 aliphatic carbocycles. The zero-order valence-corrected chi connectivity index (χ0v) is 16.3. The van der Waals surface area contributed by atoms with Crippen LogP contribution in [-0.4, -0.2) is 64.7 Å². The van der Waals surface area contributed by atoms with E-state index in [0.717, 1.165) is 11.4 Å². The second-order valence-corrected chi connectivity index (χ2v) is 6.90. The van der Waals surface area contributed by atoms with Gasteiger partial charge in [-0.15, -0.1) is 0 Å². The summed E-state index contributed by atoms with van der Waals surface area (Å²) in [7, 11) is 1.58. The summed E-state index contributed by atoms with van der Waals surface area (Å²) in [5.74, 6) is 0.663. The van der Waals surface area contributed by atoms with Gasteiger partial charge in [0.25, 0.3) is 5.91 Å². The highest BCUT2D eigenvalue weighted by atomic mass is 16.5. The Balaban J connectivity index is 1.61. The van der Waals surface area contributed by atoms with Gasteiger partial charge < -0.3 is 14.5 Å². The van der Waals surface area contributed by atoms with E-state index in [4.69, 9.17) is 4.74 Å². The van der Waals surface area contributed by atoms with E-state index in [0.29, 0.717) is 37.5 Å². The molecule has 1 fully saturated rings. The molecule has 27 heavy (non-hydrogen) atoms. The number of aromatic nitrogens is 2. The number of carbonyl (C=O) groups excluding carboxylic acids is 2. The molecular weight excluding hydrogens is 344 g/mol. The van der Waals surface area contributed by atoms with E-state index in [1.54, 1.807) is 28.8 Å². The Labute approximate surface area is 159 Å². The number of methoxy groups -OCH3 is 1. The van der Waals surface area contributed by atoms with Gasteiger partial charge in [-0.2, -0.15) is 5.10 Å². The molecule has 0 radical (unpaired) electrons. The van der Waals surface area contributed by atoms with E-state index in [2.05, 4.69) is 5.10 Å². The quantitative estimate of drug-likeness (QED) is 0.826. The molecule has 3 rings (SSSR count). The zero-order valence-electron chi connectivity index (χ0n) is 16.3. The van der Waals surface area contributed by atoms with Crippen LogP contribution < -0.4 is 4.74 Å². The second-order valence-electron chi connectivity index (χ2n) is 6.90. The Morgan fingerprint density at radius 1 is 1.07 bits per heavy atom. The van der Waals surface area contributed by atoms with Crippen molar-refractivity contribution in [2.45, 2.75) is 26.8 Å². The van der Waals surface area contributed by atoms with Crippen LogP contribution in [0.4, 0.5) is 0 Å². The minimum atomic E-state index is -0.348. The van der Waals surface area contributed by atoms with Crippen LogP contribution >= 0.6 is 0 Å². The maximum Gasteiger partial charge on any atom is 0.254 e. The van der Waals surface area contributed by atoms with Crippen LogP contribution in [0.3, 0.4) is 0 Å². The Kier molecular flexibility index (Phi) is 5.48. The minimum Gasteiger partial charge on any atom is -0.497 e. The smallest absolute Gasteiger partial charge is 0.254 e. The van der Waals surface area contributed by atoms with Gasteiger partial charge in [-0.05, 0) is 45.0 Å². The van der Waals surface area contributed by atoms with Crippen molar-refractivity contribution in [2.24, 2.45) is 0 Å². The molecule has 0 saturated carbocycles. The molecule has 0 N–H and O–H groups in total. The normalized spacial score (nSPS) is 15.6. The summed E-state index contributed by atoms with van der Waals surface area (Å²) >= 11 is 0. The van der Waals surface area contributed by atoms with Crippen molar-refractivity contribution >= 4 is 11.8 Å². The average molecular weight is 370 g/mol. The molecule has 0 unspecified atom stereocenters. The first kappa shape index (κ1) is 18.9. The lowest BCUT2D eigenvalue weighted by Crippen LogP contribution is -2.52. The third-order valence-electron chi connectivity index (χ3n) is 4.96. The molecule has 1 aromatic carbocycles. The fraction of sp³-hybridized carbons (Fsp3) is 0.450. The summed E-state index contributed by atoms with van der Waals surface area (Å²) in [6.07, 6.45) is 0. The maximum absolute atomic E-state index is 12.8. The molecule has 2 amide bonds. The molecule has 7 nitrogen and oxygen atoms in total. The lowest BCUT2D eigenvalue weighted by Gasteiger charge is -2.36. The number of hydrogen-bond donors (Lipinski definition) is 0. The van der Waals surface area contributed by atoms with Gasteiger partial charge in [0.2, 0.25) is 5.91 Å². The molecule has 0 bridgehead atoms. The number of carbonyl (C=O) groups is 2. The van der Waals surface area contributed by atoms with Crippen LogP contribution in [-0.2, 0) is 4.79 Å². The predicted molar refractivity (Wildman–Crippen MR) is 102 cm³/mol. The van der Waals surface area contributed by atoms with E-state index in [9.17, 15) is 9.59 Å². The molecule has 1 aromatic heterocycles. The van der Waals surface area contributed by atoms with Crippen LogP contribution in [0.1, 0.15) is 34.7 Å². The number of benzene rings is 1. The van der Waals surface area contributed by atoms with Crippen molar-refractivity contribution in [3.63, 3.8) is 0 Å². The molecule has 0 spiro atoms. The number of nitrogens with zero attached hydrogens (tertiary/aromatic N) is 4. The number of ether oxygens (including phenoxy) is 1. The summed E-state index contributed by atoms with van der Waals surface area (Å²) in [5, 5.41) is 4.42. The standard InChI is InChI=1S/C20H26N4O3/c1-14-12-15(2)24(21-14)16(3)19(25)22-8-10-23(11-9-22)20(26)17-6-5-7-18(13-17)27-4/h5-7,12-13,16H,8-11H2,1-4H3/t16-/m1/s1. The van der Waals surface area contributed by atoms with Crippen molar-refractivity contribution < 1.29 is 14.3 Å². The van der Waals surface area contributed by atoms with Crippen LogP contribution in [0, 0.1) is 13.8 Å². The molecule has 7 heteroatoms. The molecule has 1 aliphatic rings. The van der Waals surface area contributed by atoms with E-state index in [1.165, 1.54) is 0 Å². The predicted octanol–water partition coefficient (Wildman–Crippen LogP) is 2.05. The largest absolute Gasteiger partial charge is 0.497 e. The number of aryl methyl sites for hydroxylation is 2. The van der Waals surface area contributed by atoms with Crippen LogP contribution in [0.2, 0.25) is 0 Å². The van der Waals surface area contributed by atoms with Crippen LogP contribution in [0.25, 0.3) is 0 Å². The third kappa shape index (κ3) is 3.97. The fourth-order valence-corrected chi connectivity index (χ4v) is 3.48. The van der Waals surface area contributed by atoms with Gasteiger partial charge in [0.1, 0.15) is 11.8 Å². The molecule has 144 valence electrons. The summed E-state index contributed by atoms with van der Waals surface area (Å²) in [6.45, 7) is 7.83. The van der Waals surface area contributed by atoms with Crippen molar-refractivity contribution in [3.05, 3.63) is 47.3 Å². The fourth-order valence-electron chi connectivity index (χ4n) is 3.48. The number of amides is 2. The van der Waals surface area contributed by atoms with Crippen molar-refractivity contribution in [1.82, 2.24) is 19.6 Å². The van der Waals surface area contributed by atoms with E-state index < -0.39 is 0 Å². The molecule has 1 atom stereocenters. The highest BCUT2D eigenvalue weighted by Gasteiger charge is 2.29. The summed E-state index contributed by atoms with van der Waals surface area (Å²) in [5.41, 5.74) is 2.48. The summed E-state index contributed by atoms with van der Waals surface area (Å²) in [4.78, 5) is 29.1. The minimum absolute atomic E-state index is 0.0346. The first-order chi connectivity index (χ1) is 12.9. The van der Waals surface area contributed by atoms with E-state index in [1.807, 2.05) is 43.9 Å². The van der Waals surface area contributed by atoms with Gasteiger partial charge in [0.15, 0.2) is 0 Å². The Hall–Kier alpha value is -2.83. The first-order valence-electron chi connectivity index (χ1n) is 9.15. The highest BCUT2D eigenvalue weighted by molar-refractivity contribution is 5.94. The lowest BCUT2D eigenvalue weighted by atomic mass is 10.1. The van der Waals surface area contributed by atoms with Gasteiger partial charge in [-0.25, -0.2) is 0 Å². The van der Waals surface area contributed by atoms with E-state index >= 15 is 0 Å². The number of hydrogen-bond acceptors (Lipinski definition) is 4. The van der Waals surface area contributed by atoms with Crippen molar-refractivity contribution in [1.29, 1.82) is 0 Å². The van der Waals surface area contributed by atoms with E-state index in [-0.39, 0.29) is 17.9 Å². The van der Waals surface area contributed by atoms with Gasteiger partial charge in [-0.1, -0.05) is 6.07 Å². The monoisotopic (exact) mass is 370 g/mol. The Bertz CT molecular complexity index is 838. The zero-order chi connectivity index (χ0) is 19.6. The molecule has 1 saturated heterocycles. The van der Waals surface area contributed by atoms with Crippen LogP contribution in [0.5, 0.6) is 5.75 Å². The topological polar surface area (TPSA) is 67.7 Å². The molecule has 1 aliphatic heterocycles. The second kappa shape index (κ2) is 7.82. The van der Waals surface area contributed by atoms with Gasteiger partial charge >= 0.3 is 0 Å². The van der Waals surface area contributed by atoms with Gasteiger partial charge in [0.05, 0.1) is 12.8 Å². The third-order valence-corrected chi connectivity index (χ3v) is 4.96. The van der Waals surface area contributed by atoms with Crippen molar-refractivity contribution in [2.75, 3.05) is 33.3 Å². The van der Waals surface area contributed by atoms with Crippen molar-refractivity contribution in [3.8, 4) is 5.75 Å². The van der Waals surface area contributed by atoms with Crippen LogP contribution in [0.15, 0.2) is 30.3 Å². The highest BCUT2D eigenvalue weighted by Crippen LogP contribution is 2.18. The lowest BCUT2D eigenvalue weighted by molar-refractivity contribution is -0.136. The maximum atomic E-state index is 12.8. The summed E-state index contributed by atoms with van der Waals surface area (Å²) in [6, 6.07) is 8.77. The Morgan fingerprint density at radius 2 is 1.74 bits per heavy atom. The molecule has 2 heterocycles. The first-order valence-corrected chi connectivity index (χ1v) is 9.15. The molecular formula is C20H26N4O3.